The van der Waals surface area contributed by atoms with Crippen molar-refractivity contribution in [1.82, 2.24) is 4.98 Å². The maximum Gasteiger partial charge on any atom is 0.300 e. The second-order valence-electron chi connectivity index (χ2n) is 7.99. The highest BCUT2D eigenvalue weighted by Gasteiger charge is 2.47. The number of ether oxygens (including phenoxy) is 2. The van der Waals surface area contributed by atoms with E-state index < -0.39 is 17.7 Å². The maximum absolute atomic E-state index is 13.2. The summed E-state index contributed by atoms with van der Waals surface area (Å²) in [5, 5.41) is 11.3. The number of carbonyl (C=O) groups excluding carboxylic acids is 2. The molecule has 2 heterocycles. The van der Waals surface area contributed by atoms with Gasteiger partial charge in [-0.3, -0.25) is 19.5 Å². The predicted octanol–water partition coefficient (Wildman–Crippen LogP) is 4.81. The van der Waals surface area contributed by atoms with Crippen LogP contribution >= 0.6 is 0 Å². The molecule has 1 unspecified atom stereocenters. The van der Waals surface area contributed by atoms with Crippen LogP contribution in [0.1, 0.15) is 36.1 Å². The van der Waals surface area contributed by atoms with E-state index in [1.165, 1.54) is 12.0 Å². The summed E-state index contributed by atoms with van der Waals surface area (Å²) < 4.78 is 11.0. The summed E-state index contributed by atoms with van der Waals surface area (Å²) in [6, 6.07) is 14.7. The van der Waals surface area contributed by atoms with Crippen molar-refractivity contribution in [1.29, 1.82) is 0 Å². The number of methoxy groups -OCH3 is 1. The number of hydrogen-bond donors (Lipinski definition) is 1. The molecule has 3 aromatic rings. The molecule has 1 saturated heterocycles. The first-order valence-electron chi connectivity index (χ1n) is 11.0. The average molecular weight is 459 g/mol. The second kappa shape index (κ2) is 9.79. The van der Waals surface area contributed by atoms with Crippen LogP contribution in [0.4, 0.5) is 5.69 Å². The van der Waals surface area contributed by atoms with E-state index in [1.54, 1.807) is 67.0 Å². The van der Waals surface area contributed by atoms with Crippen LogP contribution in [0.5, 0.6) is 11.5 Å². The van der Waals surface area contributed by atoms with E-state index in [1.807, 2.05) is 13.8 Å². The van der Waals surface area contributed by atoms with Gasteiger partial charge in [0.2, 0.25) is 0 Å². The third-order valence-electron chi connectivity index (χ3n) is 5.69. The van der Waals surface area contributed by atoms with Crippen molar-refractivity contribution in [3.05, 3.63) is 89.3 Å². The summed E-state index contributed by atoms with van der Waals surface area (Å²) in [4.78, 5) is 32.0. The van der Waals surface area contributed by atoms with Crippen LogP contribution in [0.3, 0.4) is 0 Å². The molecule has 0 aliphatic carbocycles. The van der Waals surface area contributed by atoms with Crippen molar-refractivity contribution in [2.24, 2.45) is 0 Å². The van der Waals surface area contributed by atoms with Gasteiger partial charge in [0.05, 0.1) is 25.3 Å². The minimum Gasteiger partial charge on any atom is -0.507 e. The minimum absolute atomic E-state index is 0.00227. The molecule has 1 aromatic heterocycles. The van der Waals surface area contributed by atoms with Gasteiger partial charge in [0.25, 0.3) is 11.7 Å². The Morgan fingerprint density at radius 2 is 1.94 bits per heavy atom. The van der Waals surface area contributed by atoms with Gasteiger partial charge < -0.3 is 14.6 Å². The lowest BCUT2D eigenvalue weighted by molar-refractivity contribution is -0.132. The number of aromatic nitrogens is 1. The molecular formula is C27H26N2O5. The van der Waals surface area contributed by atoms with Crippen molar-refractivity contribution in [3.63, 3.8) is 0 Å². The molecule has 7 heteroatoms. The Labute approximate surface area is 198 Å². The average Bonchev–Trinajstić information content (AvgIpc) is 3.13. The van der Waals surface area contributed by atoms with Crippen LogP contribution in [-0.2, 0) is 9.59 Å². The molecule has 2 aromatic carbocycles. The maximum atomic E-state index is 13.2. The molecular weight excluding hydrogens is 432 g/mol. The van der Waals surface area contributed by atoms with Crippen LogP contribution in [0.15, 0.2) is 72.6 Å². The number of anilines is 1. The van der Waals surface area contributed by atoms with Crippen LogP contribution < -0.4 is 14.4 Å². The number of amides is 1. The fraction of sp³-hybridized carbons (Fsp3) is 0.222. The van der Waals surface area contributed by atoms with Gasteiger partial charge in [0, 0.05) is 29.7 Å². The smallest absolute Gasteiger partial charge is 0.300 e. The Morgan fingerprint density at radius 3 is 2.62 bits per heavy atom. The zero-order valence-electron chi connectivity index (χ0n) is 19.3. The van der Waals surface area contributed by atoms with E-state index in [-0.39, 0.29) is 11.3 Å². The van der Waals surface area contributed by atoms with Gasteiger partial charge >= 0.3 is 0 Å². The molecule has 0 radical (unpaired) electrons. The third-order valence-corrected chi connectivity index (χ3v) is 5.69. The Hall–Kier alpha value is -4.13. The first-order chi connectivity index (χ1) is 16.5. The van der Waals surface area contributed by atoms with E-state index in [2.05, 4.69) is 4.98 Å². The topological polar surface area (TPSA) is 89.0 Å². The zero-order chi connectivity index (χ0) is 24.2. The number of Topliss-reactive ketones (excluding diaryl/α,β-unsaturated/α-hetero) is 1. The number of benzene rings is 2. The van der Waals surface area contributed by atoms with Gasteiger partial charge in [-0.05, 0) is 60.9 Å². The summed E-state index contributed by atoms with van der Waals surface area (Å²) in [6.45, 7) is 4.48. The molecule has 174 valence electrons. The van der Waals surface area contributed by atoms with E-state index in [9.17, 15) is 14.7 Å². The molecule has 4 rings (SSSR count). The summed E-state index contributed by atoms with van der Waals surface area (Å²) in [7, 11) is 1.53. The van der Waals surface area contributed by atoms with Crippen LogP contribution in [-0.4, -0.2) is 35.5 Å². The lowest BCUT2D eigenvalue weighted by Gasteiger charge is -2.25. The Bertz CT molecular complexity index is 1250. The quantitative estimate of drug-likeness (QED) is 0.310. The number of ketones is 1. The van der Waals surface area contributed by atoms with Gasteiger partial charge in [-0.1, -0.05) is 19.1 Å². The summed E-state index contributed by atoms with van der Waals surface area (Å²) >= 11 is 0. The second-order valence-corrected chi connectivity index (χ2v) is 7.99. The first-order valence-corrected chi connectivity index (χ1v) is 11.0. The summed E-state index contributed by atoms with van der Waals surface area (Å²) in [6.07, 6.45) is 4.07. The molecule has 0 spiro atoms. The Morgan fingerprint density at radius 1 is 1.12 bits per heavy atom. The number of rotatable bonds is 7. The molecule has 1 aliphatic rings. The third kappa shape index (κ3) is 4.24. The number of aryl methyl sites for hydroxylation is 1. The van der Waals surface area contributed by atoms with Gasteiger partial charge in [0.1, 0.15) is 17.3 Å². The van der Waals surface area contributed by atoms with E-state index in [0.717, 1.165) is 12.0 Å². The normalized spacial score (nSPS) is 17.1. The van der Waals surface area contributed by atoms with Crippen LogP contribution in [0.2, 0.25) is 0 Å². The monoisotopic (exact) mass is 458 g/mol. The Kier molecular flexibility index (Phi) is 6.63. The molecule has 1 aliphatic heterocycles. The summed E-state index contributed by atoms with van der Waals surface area (Å²) in [5.41, 5.74) is 2.33. The number of aliphatic hydroxyl groups excluding tert-OH is 1. The first kappa shape index (κ1) is 23.0. The van der Waals surface area contributed by atoms with Gasteiger partial charge in [-0.2, -0.15) is 0 Å². The minimum atomic E-state index is -0.850. The van der Waals surface area contributed by atoms with Crippen LogP contribution in [0, 0.1) is 6.92 Å². The number of nitrogens with zero attached hydrogens (tertiary/aromatic N) is 2. The largest absolute Gasteiger partial charge is 0.507 e. The SMILES string of the molecule is CCCOc1ccc(/C(O)=C2\C(=O)C(=O)N(c3cccc(OC)c3)C2c2cccnc2)cc1C. The highest BCUT2D eigenvalue weighted by Crippen LogP contribution is 2.42. The van der Waals surface area contributed by atoms with Crippen molar-refractivity contribution in [2.45, 2.75) is 26.3 Å². The summed E-state index contributed by atoms with van der Waals surface area (Å²) in [5.74, 6) is -0.495. The molecule has 1 amide bonds. The van der Waals surface area contributed by atoms with Crippen molar-refractivity contribution >= 4 is 23.1 Å². The zero-order valence-corrected chi connectivity index (χ0v) is 19.3. The van der Waals surface area contributed by atoms with Gasteiger partial charge in [0.15, 0.2) is 0 Å². The van der Waals surface area contributed by atoms with Crippen molar-refractivity contribution in [2.75, 3.05) is 18.6 Å². The molecule has 7 nitrogen and oxygen atoms in total. The number of pyridine rings is 1. The predicted molar refractivity (Wildman–Crippen MR) is 129 cm³/mol. The fourth-order valence-corrected chi connectivity index (χ4v) is 4.04. The van der Waals surface area contributed by atoms with Crippen molar-refractivity contribution in [3.8, 4) is 11.5 Å². The van der Waals surface area contributed by atoms with Gasteiger partial charge in [-0.25, -0.2) is 0 Å². The highest BCUT2D eigenvalue weighted by molar-refractivity contribution is 6.51. The van der Waals surface area contributed by atoms with Gasteiger partial charge in [-0.15, -0.1) is 0 Å². The highest BCUT2D eigenvalue weighted by atomic mass is 16.5. The van der Waals surface area contributed by atoms with Crippen molar-refractivity contribution < 1.29 is 24.2 Å². The van der Waals surface area contributed by atoms with E-state index >= 15 is 0 Å². The number of hydrogen-bond acceptors (Lipinski definition) is 6. The molecule has 1 fully saturated rings. The lowest BCUT2D eigenvalue weighted by Crippen LogP contribution is -2.29. The van der Waals surface area contributed by atoms with E-state index in [4.69, 9.17) is 9.47 Å². The molecule has 1 atom stereocenters. The molecule has 0 saturated carbocycles. The molecule has 34 heavy (non-hydrogen) atoms. The molecule has 0 bridgehead atoms. The fourth-order valence-electron chi connectivity index (χ4n) is 4.04. The standard InChI is InChI=1S/C27H26N2O5/c1-4-13-34-22-11-10-18(14-17(22)2)25(30)23-24(19-7-6-12-28-16-19)29(27(32)26(23)31)20-8-5-9-21(15-20)33-3/h5-12,14-16,24,30H,4,13H2,1-3H3/b25-23+. The number of aliphatic hydroxyl groups is 1. The van der Waals surface area contributed by atoms with E-state index in [0.29, 0.717) is 34.9 Å². The lowest BCUT2D eigenvalue weighted by atomic mass is 9.95. The van der Waals surface area contributed by atoms with Crippen LogP contribution in [0.25, 0.3) is 5.76 Å². The molecule has 1 N–H and O–H groups in total. The Balaban J connectivity index is 1.86. The number of carbonyl (C=O) groups is 2.